The van der Waals surface area contributed by atoms with Crippen molar-refractivity contribution in [1.29, 1.82) is 0 Å². The van der Waals surface area contributed by atoms with Gasteiger partial charge in [0.15, 0.2) is 0 Å². The topological polar surface area (TPSA) is 29.5 Å². The van der Waals surface area contributed by atoms with E-state index in [1.807, 2.05) is 20.8 Å². The molecule has 2 fully saturated rings. The first kappa shape index (κ1) is 13.9. The van der Waals surface area contributed by atoms with E-state index >= 15 is 0 Å². The molecule has 0 radical (unpaired) electrons. The zero-order chi connectivity index (χ0) is 13.2. The van der Waals surface area contributed by atoms with Crippen molar-refractivity contribution in [2.75, 3.05) is 13.1 Å². The molecule has 3 nitrogen and oxygen atoms in total. The van der Waals surface area contributed by atoms with Gasteiger partial charge in [-0.3, -0.25) is 9.69 Å². The van der Waals surface area contributed by atoms with Crippen LogP contribution < -0.4 is 0 Å². The molecule has 104 valence electrons. The maximum Gasteiger partial charge on any atom is 0.323 e. The number of carbonyl (C=O) groups is 1. The van der Waals surface area contributed by atoms with Crippen LogP contribution in [0.5, 0.6) is 0 Å². The molecule has 0 aromatic carbocycles. The Balaban J connectivity index is 1.88. The highest BCUT2D eigenvalue weighted by Crippen LogP contribution is 2.29. The Morgan fingerprint density at radius 3 is 2.44 bits per heavy atom. The molecule has 0 spiro atoms. The zero-order valence-corrected chi connectivity index (χ0v) is 12.1. The van der Waals surface area contributed by atoms with Gasteiger partial charge in [-0.15, -0.1) is 0 Å². The molecule has 1 atom stereocenters. The number of likely N-dealkylation sites (tertiary alicyclic amines) is 1. The fourth-order valence-corrected chi connectivity index (χ4v) is 3.21. The van der Waals surface area contributed by atoms with Crippen molar-refractivity contribution in [3.63, 3.8) is 0 Å². The van der Waals surface area contributed by atoms with Crippen molar-refractivity contribution < 1.29 is 9.53 Å². The van der Waals surface area contributed by atoms with E-state index in [1.165, 1.54) is 25.7 Å². The lowest BCUT2D eigenvalue weighted by molar-refractivity contribution is -0.160. The van der Waals surface area contributed by atoms with E-state index in [9.17, 15) is 4.79 Å². The Hall–Kier alpha value is -0.570. The Labute approximate surface area is 111 Å². The number of rotatable bonds is 3. The average Bonchev–Trinajstić information content (AvgIpc) is 2.86. The van der Waals surface area contributed by atoms with Crippen LogP contribution in [-0.2, 0) is 9.53 Å². The quantitative estimate of drug-likeness (QED) is 0.724. The lowest BCUT2D eigenvalue weighted by atomic mass is 10.1. The van der Waals surface area contributed by atoms with E-state index in [1.54, 1.807) is 0 Å². The van der Waals surface area contributed by atoms with Gasteiger partial charge in [0, 0.05) is 6.54 Å². The number of hydrogen-bond donors (Lipinski definition) is 0. The highest BCUT2D eigenvalue weighted by atomic mass is 16.6. The molecular formula is C15H27NO2. The van der Waals surface area contributed by atoms with Gasteiger partial charge in [0.2, 0.25) is 0 Å². The molecule has 2 aliphatic rings. The highest BCUT2D eigenvalue weighted by molar-refractivity contribution is 5.76. The maximum absolute atomic E-state index is 12.2. The number of nitrogens with zero attached hydrogens (tertiary/aromatic N) is 1. The molecule has 0 bridgehead atoms. The molecule has 0 aromatic heterocycles. The van der Waals surface area contributed by atoms with Gasteiger partial charge in [-0.2, -0.15) is 0 Å². The van der Waals surface area contributed by atoms with Gasteiger partial charge < -0.3 is 4.74 Å². The molecule has 1 saturated carbocycles. The first-order valence-electron chi connectivity index (χ1n) is 7.42. The Morgan fingerprint density at radius 2 is 1.83 bits per heavy atom. The van der Waals surface area contributed by atoms with Crippen molar-refractivity contribution in [2.45, 2.75) is 70.9 Å². The molecule has 18 heavy (non-hydrogen) atoms. The van der Waals surface area contributed by atoms with Gasteiger partial charge >= 0.3 is 5.97 Å². The third-order valence-electron chi connectivity index (χ3n) is 4.01. The smallest absolute Gasteiger partial charge is 0.323 e. The van der Waals surface area contributed by atoms with Gasteiger partial charge in [0.05, 0.1) is 0 Å². The predicted molar refractivity (Wildman–Crippen MR) is 72.4 cm³/mol. The van der Waals surface area contributed by atoms with E-state index in [0.29, 0.717) is 0 Å². The molecular weight excluding hydrogens is 226 g/mol. The van der Waals surface area contributed by atoms with E-state index < -0.39 is 0 Å². The molecule has 0 amide bonds. The Kier molecular flexibility index (Phi) is 4.31. The summed E-state index contributed by atoms with van der Waals surface area (Å²) in [5.41, 5.74) is -0.362. The average molecular weight is 253 g/mol. The first-order valence-corrected chi connectivity index (χ1v) is 7.42. The number of esters is 1. The second kappa shape index (κ2) is 5.60. The van der Waals surface area contributed by atoms with Crippen LogP contribution in [0.15, 0.2) is 0 Å². The second-order valence-corrected chi connectivity index (χ2v) is 6.84. The Bertz CT molecular complexity index is 289. The highest BCUT2D eigenvalue weighted by Gasteiger charge is 2.35. The molecule has 0 N–H and O–H groups in total. The van der Waals surface area contributed by atoms with E-state index in [0.717, 1.165) is 31.8 Å². The molecule has 1 saturated heterocycles. The molecule has 2 rings (SSSR count). The summed E-state index contributed by atoms with van der Waals surface area (Å²) in [7, 11) is 0. The van der Waals surface area contributed by atoms with Crippen LogP contribution in [0.25, 0.3) is 0 Å². The number of carbonyl (C=O) groups excluding carboxylic acids is 1. The third-order valence-corrected chi connectivity index (χ3v) is 4.01. The molecule has 1 aliphatic heterocycles. The van der Waals surface area contributed by atoms with Gasteiger partial charge in [0.25, 0.3) is 0 Å². The minimum atomic E-state index is -0.362. The van der Waals surface area contributed by atoms with Gasteiger partial charge in [-0.05, 0) is 58.9 Å². The number of ether oxygens (including phenoxy) is 1. The van der Waals surface area contributed by atoms with Crippen LogP contribution in [0.3, 0.4) is 0 Å². The zero-order valence-electron chi connectivity index (χ0n) is 12.1. The minimum absolute atomic E-state index is 0.0157. The largest absolute Gasteiger partial charge is 0.459 e. The first-order chi connectivity index (χ1) is 8.46. The molecule has 0 aromatic rings. The monoisotopic (exact) mass is 253 g/mol. The minimum Gasteiger partial charge on any atom is -0.459 e. The Morgan fingerprint density at radius 1 is 1.17 bits per heavy atom. The van der Waals surface area contributed by atoms with Crippen LogP contribution >= 0.6 is 0 Å². The lowest BCUT2D eigenvalue weighted by Gasteiger charge is -2.28. The van der Waals surface area contributed by atoms with Crippen LogP contribution in [-0.4, -0.2) is 35.6 Å². The van der Waals surface area contributed by atoms with Crippen molar-refractivity contribution in [3.05, 3.63) is 0 Å². The van der Waals surface area contributed by atoms with E-state index in [-0.39, 0.29) is 17.6 Å². The summed E-state index contributed by atoms with van der Waals surface area (Å²) in [6, 6.07) is 0.0184. The summed E-state index contributed by atoms with van der Waals surface area (Å²) in [5, 5.41) is 0. The number of hydrogen-bond acceptors (Lipinski definition) is 3. The SMILES string of the molecule is CC(C)(C)OC(=O)[C@H]1CCCN1CC1CCCC1. The second-order valence-electron chi connectivity index (χ2n) is 6.84. The molecule has 3 heteroatoms. The summed E-state index contributed by atoms with van der Waals surface area (Å²) < 4.78 is 5.54. The van der Waals surface area contributed by atoms with Crippen LogP contribution in [0.4, 0.5) is 0 Å². The summed E-state index contributed by atoms with van der Waals surface area (Å²) in [6.07, 6.45) is 7.54. The van der Waals surface area contributed by atoms with Crippen molar-refractivity contribution in [3.8, 4) is 0 Å². The van der Waals surface area contributed by atoms with Gasteiger partial charge in [0.1, 0.15) is 11.6 Å². The normalized spacial score (nSPS) is 26.7. The fraction of sp³-hybridized carbons (Fsp3) is 0.933. The predicted octanol–water partition coefficient (Wildman–Crippen LogP) is 2.98. The standard InChI is InChI=1S/C15H27NO2/c1-15(2,3)18-14(17)13-9-6-10-16(13)11-12-7-4-5-8-12/h12-13H,4-11H2,1-3H3/t13-/m1/s1. The lowest BCUT2D eigenvalue weighted by Crippen LogP contribution is -2.42. The summed E-state index contributed by atoms with van der Waals surface area (Å²) >= 11 is 0. The maximum atomic E-state index is 12.2. The van der Waals surface area contributed by atoms with E-state index in [4.69, 9.17) is 4.74 Å². The molecule has 0 unspecified atom stereocenters. The van der Waals surface area contributed by atoms with Crippen molar-refractivity contribution in [1.82, 2.24) is 4.90 Å². The van der Waals surface area contributed by atoms with Crippen molar-refractivity contribution >= 4 is 5.97 Å². The molecule has 1 heterocycles. The fourth-order valence-electron chi connectivity index (χ4n) is 3.21. The van der Waals surface area contributed by atoms with Crippen molar-refractivity contribution in [2.24, 2.45) is 5.92 Å². The van der Waals surface area contributed by atoms with Crippen LogP contribution in [0.1, 0.15) is 59.3 Å². The van der Waals surface area contributed by atoms with Gasteiger partial charge in [-0.25, -0.2) is 0 Å². The summed E-state index contributed by atoms with van der Waals surface area (Å²) in [5.74, 6) is 0.797. The van der Waals surface area contributed by atoms with E-state index in [2.05, 4.69) is 4.90 Å². The van der Waals surface area contributed by atoms with Crippen LogP contribution in [0, 0.1) is 5.92 Å². The van der Waals surface area contributed by atoms with Gasteiger partial charge in [-0.1, -0.05) is 12.8 Å². The van der Waals surface area contributed by atoms with Crippen LogP contribution in [0.2, 0.25) is 0 Å². The third kappa shape index (κ3) is 3.71. The summed E-state index contributed by atoms with van der Waals surface area (Å²) in [6.45, 7) is 8.01. The summed E-state index contributed by atoms with van der Waals surface area (Å²) in [4.78, 5) is 14.5. The molecule has 1 aliphatic carbocycles.